The molecule has 0 saturated heterocycles. The number of hydrogen-bond donors (Lipinski definition) is 0. The number of nitrogens with zero attached hydrogens (tertiary/aromatic N) is 5. The van der Waals surface area contributed by atoms with Crippen LogP contribution in [0.3, 0.4) is 0 Å². The van der Waals surface area contributed by atoms with Crippen molar-refractivity contribution in [1.29, 1.82) is 0 Å². The molecule has 0 fully saturated rings. The fourth-order valence-electron chi connectivity index (χ4n) is 3.26. The Kier molecular flexibility index (Phi) is 4.97. The number of Topliss-reactive ketones (excluding diaryl/α,β-unsaturated/α-hetero) is 1. The highest BCUT2D eigenvalue weighted by Crippen LogP contribution is 2.35. The summed E-state index contributed by atoms with van der Waals surface area (Å²) in [5, 5.41) is 0. The molecule has 1 aliphatic rings. The number of anilines is 2. The van der Waals surface area contributed by atoms with E-state index in [2.05, 4.69) is 15.0 Å². The summed E-state index contributed by atoms with van der Waals surface area (Å²) < 4.78 is 0. The molecular weight excluding hydrogens is 330 g/mol. The summed E-state index contributed by atoms with van der Waals surface area (Å²) in [6.07, 6.45) is 3.98. The van der Waals surface area contributed by atoms with Gasteiger partial charge >= 0.3 is 0 Å². The van der Waals surface area contributed by atoms with Crippen molar-refractivity contribution < 1.29 is 9.59 Å². The summed E-state index contributed by atoms with van der Waals surface area (Å²) in [6.45, 7) is 6.06. The van der Waals surface area contributed by atoms with Crippen LogP contribution in [0.1, 0.15) is 43.5 Å². The van der Waals surface area contributed by atoms with Gasteiger partial charge in [0.2, 0.25) is 5.91 Å². The Morgan fingerprint density at radius 1 is 1.27 bits per heavy atom. The Labute approximate surface area is 153 Å². The molecule has 0 spiro atoms. The standard InChI is InChI=1S/C19H23N5O2/c1-5-14-19(26)23(4)15-11-21-17(22-18(15)24(14)12(2)3)10-16(25)13-8-6-7-9-20-13/h6-9,11-12,14H,5,10H2,1-4H3/t14-/m1/s1. The van der Waals surface area contributed by atoms with E-state index in [0.717, 1.165) is 0 Å². The molecule has 2 aromatic rings. The van der Waals surface area contributed by atoms with Crippen LogP contribution in [0.15, 0.2) is 30.6 Å². The van der Waals surface area contributed by atoms with E-state index in [0.29, 0.717) is 29.4 Å². The van der Waals surface area contributed by atoms with E-state index in [-0.39, 0.29) is 30.2 Å². The lowest BCUT2D eigenvalue weighted by Crippen LogP contribution is -2.55. The molecule has 26 heavy (non-hydrogen) atoms. The summed E-state index contributed by atoms with van der Waals surface area (Å²) >= 11 is 0. The van der Waals surface area contributed by atoms with Gasteiger partial charge in [0.1, 0.15) is 23.2 Å². The number of rotatable bonds is 5. The van der Waals surface area contributed by atoms with Crippen molar-refractivity contribution in [2.45, 2.75) is 45.7 Å². The zero-order chi connectivity index (χ0) is 18.8. The molecule has 2 aromatic heterocycles. The normalized spacial score (nSPS) is 16.8. The fourth-order valence-corrected chi connectivity index (χ4v) is 3.26. The molecule has 0 unspecified atom stereocenters. The largest absolute Gasteiger partial charge is 0.340 e. The Balaban J connectivity index is 1.97. The van der Waals surface area contributed by atoms with Crippen molar-refractivity contribution in [2.75, 3.05) is 16.8 Å². The number of carbonyl (C=O) groups excluding carboxylic acids is 2. The molecule has 3 heterocycles. The van der Waals surface area contributed by atoms with Crippen LogP contribution in [0.2, 0.25) is 0 Å². The van der Waals surface area contributed by atoms with Crippen molar-refractivity contribution in [3.8, 4) is 0 Å². The van der Waals surface area contributed by atoms with Crippen molar-refractivity contribution in [2.24, 2.45) is 0 Å². The third kappa shape index (κ3) is 3.16. The molecular formula is C19H23N5O2. The third-order valence-electron chi connectivity index (χ3n) is 4.57. The minimum Gasteiger partial charge on any atom is -0.340 e. The SMILES string of the molecule is CC[C@@H]1C(=O)N(C)c2cnc(CC(=O)c3ccccn3)nc2N1C(C)C. The van der Waals surface area contributed by atoms with Crippen LogP contribution in [0.25, 0.3) is 0 Å². The number of likely N-dealkylation sites (N-methyl/N-ethyl adjacent to an activating group) is 1. The first-order valence-electron chi connectivity index (χ1n) is 8.80. The second-order valence-electron chi connectivity index (χ2n) is 6.63. The van der Waals surface area contributed by atoms with Crippen LogP contribution in [0.5, 0.6) is 0 Å². The van der Waals surface area contributed by atoms with E-state index in [1.54, 1.807) is 42.5 Å². The molecule has 0 bridgehead atoms. The molecule has 3 rings (SSSR count). The first-order chi connectivity index (χ1) is 12.4. The van der Waals surface area contributed by atoms with E-state index >= 15 is 0 Å². The van der Waals surface area contributed by atoms with Gasteiger partial charge in [-0.1, -0.05) is 13.0 Å². The van der Waals surface area contributed by atoms with Crippen LogP contribution in [-0.4, -0.2) is 45.8 Å². The Bertz CT molecular complexity index is 822. The molecule has 1 amide bonds. The zero-order valence-electron chi connectivity index (χ0n) is 15.5. The van der Waals surface area contributed by atoms with Crippen LogP contribution in [-0.2, 0) is 11.2 Å². The predicted molar refractivity (Wildman–Crippen MR) is 99.4 cm³/mol. The van der Waals surface area contributed by atoms with Gasteiger partial charge in [-0.3, -0.25) is 14.6 Å². The predicted octanol–water partition coefficient (Wildman–Crippen LogP) is 2.27. The highest BCUT2D eigenvalue weighted by molar-refractivity contribution is 6.04. The minimum atomic E-state index is -0.262. The summed E-state index contributed by atoms with van der Waals surface area (Å²) in [6, 6.07) is 5.07. The number of amides is 1. The van der Waals surface area contributed by atoms with E-state index in [9.17, 15) is 9.59 Å². The summed E-state index contributed by atoms with van der Waals surface area (Å²) in [5.74, 6) is 1.04. The van der Waals surface area contributed by atoms with Crippen LogP contribution in [0, 0.1) is 0 Å². The number of pyridine rings is 1. The van der Waals surface area contributed by atoms with Crippen molar-refractivity contribution in [3.05, 3.63) is 42.1 Å². The molecule has 1 atom stereocenters. The van der Waals surface area contributed by atoms with E-state index < -0.39 is 0 Å². The van der Waals surface area contributed by atoms with Gasteiger partial charge in [-0.2, -0.15) is 0 Å². The second kappa shape index (κ2) is 7.19. The minimum absolute atomic E-state index is 0.0367. The number of fused-ring (bicyclic) bond motifs is 1. The van der Waals surface area contributed by atoms with Gasteiger partial charge < -0.3 is 9.80 Å². The van der Waals surface area contributed by atoms with Gasteiger partial charge in [-0.15, -0.1) is 0 Å². The van der Waals surface area contributed by atoms with E-state index in [1.165, 1.54) is 0 Å². The van der Waals surface area contributed by atoms with E-state index in [4.69, 9.17) is 0 Å². The molecule has 1 aliphatic heterocycles. The number of carbonyl (C=O) groups is 2. The quantitative estimate of drug-likeness (QED) is 0.767. The van der Waals surface area contributed by atoms with Gasteiger partial charge in [-0.05, 0) is 32.4 Å². The molecule has 0 N–H and O–H groups in total. The lowest BCUT2D eigenvalue weighted by molar-refractivity contribution is -0.120. The Morgan fingerprint density at radius 3 is 2.65 bits per heavy atom. The maximum absolute atomic E-state index is 12.6. The number of hydrogen-bond acceptors (Lipinski definition) is 6. The van der Waals surface area contributed by atoms with Gasteiger partial charge in [0, 0.05) is 19.3 Å². The first-order valence-corrected chi connectivity index (χ1v) is 8.80. The van der Waals surface area contributed by atoms with Crippen LogP contribution >= 0.6 is 0 Å². The molecule has 0 aromatic carbocycles. The second-order valence-corrected chi connectivity index (χ2v) is 6.63. The van der Waals surface area contributed by atoms with Crippen molar-refractivity contribution in [3.63, 3.8) is 0 Å². The van der Waals surface area contributed by atoms with Crippen molar-refractivity contribution >= 4 is 23.2 Å². The summed E-state index contributed by atoms with van der Waals surface area (Å²) in [5.41, 5.74) is 1.07. The number of ketones is 1. The van der Waals surface area contributed by atoms with Gasteiger partial charge in [0.15, 0.2) is 11.6 Å². The number of aromatic nitrogens is 3. The van der Waals surface area contributed by atoms with Crippen LogP contribution < -0.4 is 9.80 Å². The lowest BCUT2D eigenvalue weighted by Gasteiger charge is -2.42. The average molecular weight is 353 g/mol. The highest BCUT2D eigenvalue weighted by atomic mass is 16.2. The third-order valence-corrected chi connectivity index (χ3v) is 4.57. The molecule has 7 heteroatoms. The Hall–Kier alpha value is -2.83. The molecule has 136 valence electrons. The summed E-state index contributed by atoms with van der Waals surface area (Å²) in [4.78, 5) is 41.7. The fraction of sp³-hybridized carbons (Fsp3) is 0.421. The molecule has 0 saturated carbocycles. The zero-order valence-corrected chi connectivity index (χ0v) is 15.5. The smallest absolute Gasteiger partial charge is 0.249 e. The van der Waals surface area contributed by atoms with Crippen LogP contribution in [0.4, 0.5) is 11.5 Å². The molecule has 0 aliphatic carbocycles. The monoisotopic (exact) mass is 353 g/mol. The maximum atomic E-state index is 12.6. The molecule has 7 nitrogen and oxygen atoms in total. The van der Waals surface area contributed by atoms with E-state index in [1.807, 2.05) is 25.7 Å². The maximum Gasteiger partial charge on any atom is 0.249 e. The van der Waals surface area contributed by atoms with Crippen molar-refractivity contribution in [1.82, 2.24) is 15.0 Å². The average Bonchev–Trinajstić information content (AvgIpc) is 2.64. The first kappa shape index (κ1) is 18.0. The Morgan fingerprint density at radius 2 is 2.04 bits per heavy atom. The summed E-state index contributed by atoms with van der Waals surface area (Å²) in [7, 11) is 1.74. The highest BCUT2D eigenvalue weighted by Gasteiger charge is 2.38. The van der Waals surface area contributed by atoms with Gasteiger partial charge in [0.05, 0.1) is 12.6 Å². The molecule has 0 radical (unpaired) electrons. The lowest BCUT2D eigenvalue weighted by atomic mass is 10.1. The van der Waals surface area contributed by atoms with Gasteiger partial charge in [-0.25, -0.2) is 9.97 Å². The topological polar surface area (TPSA) is 79.3 Å². The van der Waals surface area contributed by atoms with Gasteiger partial charge in [0.25, 0.3) is 0 Å².